The Bertz CT molecular complexity index is 419. The van der Waals surface area contributed by atoms with E-state index >= 15 is 0 Å². The number of Topliss-reactive ketones (excluding diaryl/α,β-unsaturated/α-hetero) is 1. The van der Waals surface area contributed by atoms with E-state index in [9.17, 15) is 9.59 Å². The van der Waals surface area contributed by atoms with E-state index in [4.69, 9.17) is 4.74 Å². The van der Waals surface area contributed by atoms with Crippen molar-refractivity contribution >= 4 is 11.8 Å². The highest BCUT2D eigenvalue weighted by molar-refractivity contribution is 5.97. The van der Waals surface area contributed by atoms with Crippen molar-refractivity contribution in [2.75, 3.05) is 0 Å². The van der Waals surface area contributed by atoms with Gasteiger partial charge in [-0.05, 0) is 25.7 Å². The summed E-state index contributed by atoms with van der Waals surface area (Å²) in [5, 5.41) is 0. The molecule has 1 saturated carbocycles. The Kier molecular flexibility index (Phi) is 5.13. The summed E-state index contributed by atoms with van der Waals surface area (Å²) in [6.45, 7) is 0. The van der Waals surface area contributed by atoms with Crippen LogP contribution in [0.25, 0.3) is 0 Å². The van der Waals surface area contributed by atoms with E-state index < -0.39 is 0 Å². The van der Waals surface area contributed by atoms with Gasteiger partial charge in [-0.2, -0.15) is 0 Å². The summed E-state index contributed by atoms with van der Waals surface area (Å²) in [5.74, 6) is -0.239. The molecule has 2 rings (SSSR count). The Morgan fingerprint density at radius 3 is 2.37 bits per heavy atom. The molecule has 0 bridgehead atoms. The van der Waals surface area contributed by atoms with Gasteiger partial charge in [-0.3, -0.25) is 9.59 Å². The van der Waals surface area contributed by atoms with E-state index in [1.54, 1.807) is 12.1 Å². The van der Waals surface area contributed by atoms with Gasteiger partial charge >= 0.3 is 5.97 Å². The molecule has 0 aliphatic heterocycles. The maximum absolute atomic E-state index is 11.8. The van der Waals surface area contributed by atoms with Crippen molar-refractivity contribution < 1.29 is 14.3 Å². The molecule has 19 heavy (non-hydrogen) atoms. The molecule has 0 saturated heterocycles. The number of rotatable bonds is 5. The lowest BCUT2D eigenvalue weighted by molar-refractivity contribution is -0.150. The molecule has 0 spiro atoms. The summed E-state index contributed by atoms with van der Waals surface area (Å²) < 4.78 is 5.39. The first-order valence-corrected chi connectivity index (χ1v) is 7.03. The largest absolute Gasteiger partial charge is 0.462 e. The quantitative estimate of drug-likeness (QED) is 0.601. The second kappa shape index (κ2) is 7.07. The number of benzene rings is 1. The summed E-state index contributed by atoms with van der Waals surface area (Å²) in [6, 6.07) is 9.07. The zero-order valence-electron chi connectivity index (χ0n) is 11.1. The van der Waals surface area contributed by atoms with E-state index in [0.29, 0.717) is 5.56 Å². The van der Waals surface area contributed by atoms with Crippen molar-refractivity contribution in [3.63, 3.8) is 0 Å². The third-order valence-corrected chi connectivity index (χ3v) is 3.50. The maximum Gasteiger partial charge on any atom is 0.306 e. The van der Waals surface area contributed by atoms with E-state index in [1.165, 1.54) is 6.42 Å². The van der Waals surface area contributed by atoms with Crippen LogP contribution in [0, 0.1) is 0 Å². The van der Waals surface area contributed by atoms with Gasteiger partial charge in [0.05, 0.1) is 6.42 Å². The van der Waals surface area contributed by atoms with Gasteiger partial charge in [-0.1, -0.05) is 36.8 Å². The number of esters is 1. The normalized spacial score (nSPS) is 16.0. The van der Waals surface area contributed by atoms with Gasteiger partial charge in [0.2, 0.25) is 0 Å². The second-order valence-electron chi connectivity index (χ2n) is 5.04. The Balaban J connectivity index is 1.72. The molecule has 3 heteroatoms. The van der Waals surface area contributed by atoms with Crippen LogP contribution in [0.3, 0.4) is 0 Å². The van der Waals surface area contributed by atoms with Crippen LogP contribution < -0.4 is 0 Å². The van der Waals surface area contributed by atoms with Crippen LogP contribution in [-0.4, -0.2) is 17.9 Å². The number of hydrogen-bond acceptors (Lipinski definition) is 3. The Morgan fingerprint density at radius 1 is 1.00 bits per heavy atom. The molecule has 102 valence electrons. The molecular formula is C16H20O3. The zero-order chi connectivity index (χ0) is 13.5. The van der Waals surface area contributed by atoms with Gasteiger partial charge < -0.3 is 4.74 Å². The van der Waals surface area contributed by atoms with Crippen LogP contribution in [0.4, 0.5) is 0 Å². The minimum Gasteiger partial charge on any atom is -0.462 e. The predicted molar refractivity (Wildman–Crippen MR) is 73.0 cm³/mol. The highest BCUT2D eigenvalue weighted by Gasteiger charge is 2.18. The van der Waals surface area contributed by atoms with Crippen molar-refractivity contribution in [1.82, 2.24) is 0 Å². The molecule has 1 fully saturated rings. The summed E-state index contributed by atoms with van der Waals surface area (Å²) in [4.78, 5) is 23.5. The molecule has 0 heterocycles. The van der Waals surface area contributed by atoms with Crippen LogP contribution >= 0.6 is 0 Å². The second-order valence-corrected chi connectivity index (χ2v) is 5.04. The minimum atomic E-state index is -0.240. The van der Waals surface area contributed by atoms with Gasteiger partial charge in [-0.25, -0.2) is 0 Å². The standard InChI is InChI=1S/C16H20O3/c17-15(13-7-3-1-4-8-13)11-12-16(18)19-14-9-5-2-6-10-14/h1,3-4,7-8,14H,2,5-6,9-12H2. The summed E-state index contributed by atoms with van der Waals surface area (Å²) in [6.07, 6.45) is 5.95. The number of carbonyl (C=O) groups excluding carboxylic acids is 2. The highest BCUT2D eigenvalue weighted by atomic mass is 16.5. The molecule has 1 aromatic carbocycles. The van der Waals surface area contributed by atoms with Crippen molar-refractivity contribution in [2.24, 2.45) is 0 Å². The zero-order valence-corrected chi connectivity index (χ0v) is 11.1. The molecule has 1 aromatic rings. The number of hydrogen-bond donors (Lipinski definition) is 0. The highest BCUT2D eigenvalue weighted by Crippen LogP contribution is 2.21. The van der Waals surface area contributed by atoms with Gasteiger partial charge in [0.1, 0.15) is 6.10 Å². The molecular weight excluding hydrogens is 240 g/mol. The monoisotopic (exact) mass is 260 g/mol. The topological polar surface area (TPSA) is 43.4 Å². The number of ether oxygens (including phenoxy) is 1. The fourth-order valence-corrected chi connectivity index (χ4v) is 2.41. The first-order valence-electron chi connectivity index (χ1n) is 7.03. The van der Waals surface area contributed by atoms with E-state index in [0.717, 1.165) is 25.7 Å². The predicted octanol–water partition coefficient (Wildman–Crippen LogP) is 3.53. The summed E-state index contributed by atoms with van der Waals surface area (Å²) in [5.41, 5.74) is 0.660. The third kappa shape index (κ3) is 4.51. The molecule has 0 N–H and O–H groups in total. The fourth-order valence-electron chi connectivity index (χ4n) is 2.41. The molecule has 0 aromatic heterocycles. The Labute approximate surface area is 114 Å². The molecule has 0 amide bonds. The average molecular weight is 260 g/mol. The van der Waals surface area contributed by atoms with Crippen molar-refractivity contribution in [2.45, 2.75) is 51.0 Å². The lowest BCUT2D eigenvalue weighted by Crippen LogP contribution is -2.21. The van der Waals surface area contributed by atoms with Crippen molar-refractivity contribution in [3.05, 3.63) is 35.9 Å². The van der Waals surface area contributed by atoms with E-state index in [1.807, 2.05) is 18.2 Å². The molecule has 1 aliphatic rings. The van der Waals surface area contributed by atoms with Crippen LogP contribution in [-0.2, 0) is 9.53 Å². The molecule has 3 nitrogen and oxygen atoms in total. The van der Waals surface area contributed by atoms with Gasteiger partial charge in [0.15, 0.2) is 5.78 Å². The van der Waals surface area contributed by atoms with Crippen LogP contribution in [0.5, 0.6) is 0 Å². The SMILES string of the molecule is O=C(CCC(=O)c1ccccc1)OC1CCCCC1. The Morgan fingerprint density at radius 2 is 1.68 bits per heavy atom. The number of carbonyl (C=O) groups is 2. The maximum atomic E-state index is 11.8. The average Bonchev–Trinajstić information content (AvgIpc) is 2.47. The lowest BCUT2D eigenvalue weighted by Gasteiger charge is -2.21. The summed E-state index contributed by atoms with van der Waals surface area (Å²) in [7, 11) is 0. The van der Waals surface area contributed by atoms with Crippen molar-refractivity contribution in [1.29, 1.82) is 0 Å². The van der Waals surface area contributed by atoms with Crippen LogP contribution in [0.1, 0.15) is 55.3 Å². The molecule has 1 aliphatic carbocycles. The van der Waals surface area contributed by atoms with Crippen LogP contribution in [0.15, 0.2) is 30.3 Å². The van der Waals surface area contributed by atoms with Gasteiger partial charge in [0.25, 0.3) is 0 Å². The first kappa shape index (κ1) is 13.8. The van der Waals surface area contributed by atoms with E-state index in [2.05, 4.69) is 0 Å². The van der Waals surface area contributed by atoms with Gasteiger partial charge in [0, 0.05) is 12.0 Å². The van der Waals surface area contributed by atoms with Crippen molar-refractivity contribution in [3.8, 4) is 0 Å². The Hall–Kier alpha value is -1.64. The first-order chi connectivity index (χ1) is 9.25. The molecule has 0 atom stereocenters. The summed E-state index contributed by atoms with van der Waals surface area (Å²) >= 11 is 0. The van der Waals surface area contributed by atoms with Gasteiger partial charge in [-0.15, -0.1) is 0 Å². The van der Waals surface area contributed by atoms with E-state index in [-0.39, 0.29) is 30.7 Å². The third-order valence-electron chi connectivity index (χ3n) is 3.50. The fraction of sp³-hybridized carbons (Fsp3) is 0.500. The molecule has 0 radical (unpaired) electrons. The smallest absolute Gasteiger partial charge is 0.306 e. The molecule has 0 unspecified atom stereocenters. The lowest BCUT2D eigenvalue weighted by atomic mass is 9.98. The van der Waals surface area contributed by atoms with Crippen LogP contribution in [0.2, 0.25) is 0 Å². The minimum absolute atomic E-state index is 0.00111. The number of ketones is 1.